The van der Waals surface area contributed by atoms with Crippen LogP contribution in [0.2, 0.25) is 0 Å². The number of thiazole rings is 1. The summed E-state index contributed by atoms with van der Waals surface area (Å²) in [6.07, 6.45) is 5.51. The highest BCUT2D eigenvalue weighted by Gasteiger charge is 2.01. The van der Waals surface area contributed by atoms with E-state index >= 15 is 0 Å². The first kappa shape index (κ1) is 11.4. The second-order valence-electron chi connectivity index (χ2n) is 3.48. The molecule has 1 rings (SSSR count). The van der Waals surface area contributed by atoms with Gasteiger partial charge in [-0.15, -0.1) is 17.9 Å². The largest absolute Gasteiger partial charge is 0.309 e. The molecule has 0 aliphatic carbocycles. The molecule has 0 radical (unpaired) electrons. The Morgan fingerprint density at radius 3 is 3.21 bits per heavy atom. The topological polar surface area (TPSA) is 24.9 Å². The van der Waals surface area contributed by atoms with Crippen molar-refractivity contribution in [1.29, 1.82) is 0 Å². The second kappa shape index (κ2) is 6.74. The lowest BCUT2D eigenvalue weighted by atomic mass is 10.1. The summed E-state index contributed by atoms with van der Waals surface area (Å²) in [6.45, 7) is 6.82. The predicted molar refractivity (Wildman–Crippen MR) is 62.5 cm³/mol. The number of nitrogens with zero attached hydrogens (tertiary/aromatic N) is 1. The highest BCUT2D eigenvalue weighted by atomic mass is 32.1. The third-order valence-electron chi connectivity index (χ3n) is 2.16. The fourth-order valence-corrected chi connectivity index (χ4v) is 1.83. The van der Waals surface area contributed by atoms with E-state index in [0.717, 1.165) is 18.7 Å². The number of aromatic nitrogens is 1. The maximum atomic E-state index is 4.22. The van der Waals surface area contributed by atoms with Crippen LogP contribution in [0.5, 0.6) is 0 Å². The minimum atomic E-state index is 0.566. The molecule has 0 saturated heterocycles. The van der Waals surface area contributed by atoms with Crippen LogP contribution in [0.1, 0.15) is 31.9 Å². The van der Waals surface area contributed by atoms with Gasteiger partial charge in [0.2, 0.25) is 0 Å². The minimum Gasteiger partial charge on any atom is -0.309 e. The van der Waals surface area contributed by atoms with E-state index in [1.54, 1.807) is 11.3 Å². The minimum absolute atomic E-state index is 0.566. The van der Waals surface area contributed by atoms with Gasteiger partial charge in [-0.3, -0.25) is 0 Å². The Bertz CT molecular complexity index is 244. The van der Waals surface area contributed by atoms with Crippen LogP contribution in [0.3, 0.4) is 0 Å². The van der Waals surface area contributed by atoms with Crippen molar-refractivity contribution in [1.82, 2.24) is 10.3 Å². The van der Waals surface area contributed by atoms with E-state index in [1.165, 1.54) is 12.8 Å². The highest BCUT2D eigenvalue weighted by molar-refractivity contribution is 7.07. The molecule has 0 spiro atoms. The Kier molecular flexibility index (Phi) is 5.49. The first-order chi connectivity index (χ1) is 6.83. The summed E-state index contributed by atoms with van der Waals surface area (Å²) in [5, 5.41) is 5.54. The van der Waals surface area contributed by atoms with Crippen molar-refractivity contribution in [2.24, 2.45) is 0 Å². The van der Waals surface area contributed by atoms with Crippen molar-refractivity contribution >= 4 is 11.3 Å². The number of hydrogen-bond acceptors (Lipinski definition) is 3. The van der Waals surface area contributed by atoms with Gasteiger partial charge in [0, 0.05) is 18.0 Å². The van der Waals surface area contributed by atoms with Gasteiger partial charge in [0.05, 0.1) is 11.2 Å². The monoisotopic (exact) mass is 210 g/mol. The average molecular weight is 210 g/mol. The molecule has 1 aromatic rings. The summed E-state index contributed by atoms with van der Waals surface area (Å²) in [5.41, 5.74) is 3.02. The first-order valence-corrected chi connectivity index (χ1v) is 5.98. The van der Waals surface area contributed by atoms with Crippen LogP contribution >= 0.6 is 11.3 Å². The molecule has 1 N–H and O–H groups in total. The van der Waals surface area contributed by atoms with Gasteiger partial charge < -0.3 is 5.32 Å². The van der Waals surface area contributed by atoms with Crippen LogP contribution in [0.4, 0.5) is 0 Å². The van der Waals surface area contributed by atoms with E-state index in [9.17, 15) is 0 Å². The molecule has 0 aliphatic heterocycles. The maximum absolute atomic E-state index is 4.22. The van der Waals surface area contributed by atoms with E-state index in [0.29, 0.717) is 6.04 Å². The molecule has 78 valence electrons. The van der Waals surface area contributed by atoms with Crippen LogP contribution in [0, 0.1) is 0 Å². The molecule has 1 aromatic heterocycles. The van der Waals surface area contributed by atoms with Gasteiger partial charge in [0.1, 0.15) is 0 Å². The molecule has 0 fully saturated rings. The zero-order valence-corrected chi connectivity index (χ0v) is 9.52. The molecule has 1 unspecified atom stereocenters. The van der Waals surface area contributed by atoms with Gasteiger partial charge >= 0.3 is 0 Å². The SMILES string of the molecule is C=CCCCC(C)NCc1cscn1. The summed E-state index contributed by atoms with van der Waals surface area (Å²) < 4.78 is 0. The second-order valence-corrected chi connectivity index (χ2v) is 4.20. The number of rotatable bonds is 7. The Hall–Kier alpha value is -0.670. The fourth-order valence-electron chi connectivity index (χ4n) is 1.27. The normalized spacial score (nSPS) is 12.6. The zero-order valence-electron chi connectivity index (χ0n) is 8.70. The van der Waals surface area contributed by atoms with Gasteiger partial charge in [-0.25, -0.2) is 4.98 Å². The van der Waals surface area contributed by atoms with Gasteiger partial charge in [0.25, 0.3) is 0 Å². The molecule has 1 heterocycles. The summed E-state index contributed by atoms with van der Waals surface area (Å²) in [4.78, 5) is 4.22. The molecule has 0 aliphatic rings. The average Bonchev–Trinajstić information content (AvgIpc) is 2.68. The van der Waals surface area contributed by atoms with Crippen molar-refractivity contribution in [2.75, 3.05) is 0 Å². The fraction of sp³-hybridized carbons (Fsp3) is 0.545. The number of allylic oxidation sites excluding steroid dienone is 1. The number of hydrogen-bond donors (Lipinski definition) is 1. The van der Waals surface area contributed by atoms with Crippen molar-refractivity contribution in [3.8, 4) is 0 Å². The summed E-state index contributed by atoms with van der Waals surface area (Å²) in [7, 11) is 0. The van der Waals surface area contributed by atoms with Crippen LogP contribution in [-0.4, -0.2) is 11.0 Å². The van der Waals surface area contributed by atoms with E-state index in [2.05, 4.69) is 29.2 Å². The lowest BCUT2D eigenvalue weighted by Crippen LogP contribution is -2.25. The van der Waals surface area contributed by atoms with Crippen LogP contribution in [-0.2, 0) is 6.54 Å². The van der Waals surface area contributed by atoms with Crippen molar-refractivity contribution in [3.05, 3.63) is 29.2 Å². The van der Waals surface area contributed by atoms with Gasteiger partial charge in [0.15, 0.2) is 0 Å². The summed E-state index contributed by atoms with van der Waals surface area (Å²) in [6, 6.07) is 0.566. The molecular weight excluding hydrogens is 192 g/mol. The molecule has 0 bridgehead atoms. The van der Waals surface area contributed by atoms with Gasteiger partial charge in [-0.1, -0.05) is 6.08 Å². The number of unbranched alkanes of at least 4 members (excludes halogenated alkanes) is 1. The van der Waals surface area contributed by atoms with Gasteiger partial charge in [-0.2, -0.15) is 0 Å². The van der Waals surface area contributed by atoms with Crippen LogP contribution in [0.15, 0.2) is 23.5 Å². The smallest absolute Gasteiger partial charge is 0.0795 e. The summed E-state index contributed by atoms with van der Waals surface area (Å²) in [5.74, 6) is 0. The van der Waals surface area contributed by atoms with Crippen molar-refractivity contribution < 1.29 is 0 Å². The maximum Gasteiger partial charge on any atom is 0.0795 e. The molecule has 14 heavy (non-hydrogen) atoms. The Morgan fingerprint density at radius 1 is 1.71 bits per heavy atom. The first-order valence-electron chi connectivity index (χ1n) is 5.04. The van der Waals surface area contributed by atoms with Crippen LogP contribution in [0.25, 0.3) is 0 Å². The molecule has 2 nitrogen and oxygen atoms in total. The van der Waals surface area contributed by atoms with E-state index in [4.69, 9.17) is 0 Å². The van der Waals surface area contributed by atoms with Gasteiger partial charge in [-0.05, 0) is 26.2 Å². The van der Waals surface area contributed by atoms with E-state index in [1.807, 2.05) is 11.6 Å². The number of nitrogens with one attached hydrogen (secondary N) is 1. The molecular formula is C11H18N2S. The van der Waals surface area contributed by atoms with Crippen LogP contribution < -0.4 is 5.32 Å². The third kappa shape index (κ3) is 4.53. The standard InChI is InChI=1S/C11H18N2S/c1-3-4-5-6-10(2)12-7-11-8-14-9-13-11/h3,8-10,12H,1,4-7H2,2H3. The highest BCUT2D eigenvalue weighted by Crippen LogP contribution is 2.04. The lowest BCUT2D eigenvalue weighted by molar-refractivity contribution is 0.497. The Morgan fingerprint density at radius 2 is 2.57 bits per heavy atom. The molecule has 1 atom stereocenters. The zero-order chi connectivity index (χ0) is 10.2. The predicted octanol–water partition coefficient (Wildman–Crippen LogP) is 2.98. The Balaban J connectivity index is 2.08. The lowest BCUT2D eigenvalue weighted by Gasteiger charge is -2.11. The van der Waals surface area contributed by atoms with E-state index < -0.39 is 0 Å². The van der Waals surface area contributed by atoms with Crippen molar-refractivity contribution in [2.45, 2.75) is 38.8 Å². The molecule has 0 amide bonds. The third-order valence-corrected chi connectivity index (χ3v) is 2.80. The van der Waals surface area contributed by atoms with Crippen molar-refractivity contribution in [3.63, 3.8) is 0 Å². The molecule has 3 heteroatoms. The molecule has 0 aromatic carbocycles. The van der Waals surface area contributed by atoms with E-state index in [-0.39, 0.29) is 0 Å². The Labute approximate surface area is 90.1 Å². The molecule has 0 saturated carbocycles. The quantitative estimate of drug-likeness (QED) is 0.553. The summed E-state index contributed by atoms with van der Waals surface area (Å²) >= 11 is 1.65.